The number of rotatable bonds is 5. The topological polar surface area (TPSA) is 69.6 Å². The number of carbonyl (C=O) groups is 2. The van der Waals surface area contributed by atoms with Crippen LogP contribution in [0.4, 0.5) is 0 Å². The Morgan fingerprint density at radius 1 is 1.09 bits per heavy atom. The van der Waals surface area contributed by atoms with Crippen LogP contribution < -0.4 is 5.43 Å². The Morgan fingerprint density at radius 3 is 2.44 bits per heavy atom. The lowest BCUT2D eigenvalue weighted by atomic mass is 9.62. The molecule has 5 nitrogen and oxygen atoms in total. The fourth-order valence-electron chi connectivity index (χ4n) is 4.52. The second-order valence-corrected chi connectivity index (χ2v) is 9.84. The van der Waals surface area contributed by atoms with Gasteiger partial charge in [-0.3, -0.25) is 4.79 Å². The van der Waals surface area contributed by atoms with Gasteiger partial charge in [0.05, 0.1) is 12.1 Å². The molecule has 4 rings (SSSR count). The smallest absolute Gasteiger partial charge is 0.335 e. The summed E-state index contributed by atoms with van der Waals surface area (Å²) in [6.07, 6.45) is 8.75. The van der Waals surface area contributed by atoms with Crippen LogP contribution >= 0.6 is 0 Å². The lowest BCUT2D eigenvalue weighted by Gasteiger charge is -2.41. The predicted octanol–water partition coefficient (Wildman–Crippen LogP) is 4.92. The third-order valence-electron chi connectivity index (χ3n) is 6.63. The van der Waals surface area contributed by atoms with Crippen LogP contribution in [-0.2, 0) is 22.2 Å². The van der Waals surface area contributed by atoms with Gasteiger partial charge in [0.2, 0.25) is 0 Å². The SMILES string of the molecule is CC1(C)CC(=O)C(C)(C)c2cc(CN3C=CCN3)c(/C=C/c3ccc(C(=O)O)cc3)cc21. The summed E-state index contributed by atoms with van der Waals surface area (Å²) >= 11 is 0. The van der Waals surface area contributed by atoms with Crippen molar-refractivity contribution in [1.82, 2.24) is 10.4 Å². The highest BCUT2D eigenvalue weighted by atomic mass is 16.4. The summed E-state index contributed by atoms with van der Waals surface area (Å²) in [6, 6.07) is 11.3. The Balaban J connectivity index is 1.78. The third kappa shape index (κ3) is 4.13. The molecule has 1 aliphatic carbocycles. The van der Waals surface area contributed by atoms with Crippen LogP contribution in [0.2, 0.25) is 0 Å². The number of carbonyl (C=O) groups excluding carboxylic acids is 1. The Morgan fingerprint density at radius 2 is 1.81 bits per heavy atom. The molecule has 0 saturated heterocycles. The van der Waals surface area contributed by atoms with E-state index in [-0.39, 0.29) is 16.8 Å². The number of nitrogens with one attached hydrogen (secondary N) is 1. The maximum atomic E-state index is 12.9. The summed E-state index contributed by atoms with van der Waals surface area (Å²) < 4.78 is 0. The second-order valence-electron chi connectivity index (χ2n) is 9.84. The number of Topliss-reactive ketones (excluding diaryl/α,β-unsaturated/α-hetero) is 1. The van der Waals surface area contributed by atoms with Gasteiger partial charge < -0.3 is 10.1 Å². The summed E-state index contributed by atoms with van der Waals surface area (Å²) in [4.78, 5) is 24.0. The lowest BCUT2D eigenvalue weighted by Crippen LogP contribution is -2.42. The molecule has 0 saturated carbocycles. The van der Waals surface area contributed by atoms with E-state index in [4.69, 9.17) is 5.11 Å². The first-order chi connectivity index (χ1) is 15.1. The molecule has 166 valence electrons. The van der Waals surface area contributed by atoms with Crippen molar-refractivity contribution >= 4 is 23.9 Å². The van der Waals surface area contributed by atoms with Crippen molar-refractivity contribution in [3.05, 3.63) is 82.1 Å². The number of nitrogens with zero attached hydrogens (tertiary/aromatic N) is 1. The maximum absolute atomic E-state index is 12.9. The van der Waals surface area contributed by atoms with E-state index >= 15 is 0 Å². The molecular weight excluding hydrogens is 400 g/mol. The van der Waals surface area contributed by atoms with Crippen molar-refractivity contribution < 1.29 is 14.7 Å². The molecule has 1 heterocycles. The molecule has 0 amide bonds. The van der Waals surface area contributed by atoms with Crippen molar-refractivity contribution in [3.8, 4) is 0 Å². The van der Waals surface area contributed by atoms with E-state index in [1.165, 1.54) is 5.56 Å². The molecule has 0 atom stereocenters. The largest absolute Gasteiger partial charge is 0.478 e. The zero-order valence-corrected chi connectivity index (χ0v) is 19.1. The highest BCUT2D eigenvalue weighted by molar-refractivity contribution is 5.93. The first-order valence-electron chi connectivity index (χ1n) is 11.0. The van der Waals surface area contributed by atoms with Gasteiger partial charge in [-0.15, -0.1) is 0 Å². The number of hydrogen-bond donors (Lipinski definition) is 2. The maximum Gasteiger partial charge on any atom is 0.335 e. The first kappa shape index (κ1) is 22.0. The fourth-order valence-corrected chi connectivity index (χ4v) is 4.52. The van der Waals surface area contributed by atoms with E-state index in [2.05, 4.69) is 48.6 Å². The lowest BCUT2D eigenvalue weighted by molar-refractivity contribution is -0.125. The molecule has 0 fully saturated rings. The van der Waals surface area contributed by atoms with Gasteiger partial charge in [-0.2, -0.15) is 0 Å². The van der Waals surface area contributed by atoms with E-state index < -0.39 is 11.4 Å². The summed E-state index contributed by atoms with van der Waals surface area (Å²) in [5.74, 6) is -0.648. The molecule has 0 aromatic heterocycles. The standard InChI is InChI=1S/C27H30N2O3/c1-26(2)16-24(30)27(3,4)23-15-21(17-29-13-5-12-28-29)20(14-22(23)26)11-8-18-6-9-19(10-7-18)25(31)32/h5-11,13-15,28H,12,16-17H2,1-4H3,(H,31,32)/b11-8+. The van der Waals surface area contributed by atoms with Crippen LogP contribution in [-0.4, -0.2) is 28.4 Å². The third-order valence-corrected chi connectivity index (χ3v) is 6.63. The van der Waals surface area contributed by atoms with Crippen molar-refractivity contribution in [2.24, 2.45) is 0 Å². The van der Waals surface area contributed by atoms with E-state index in [1.54, 1.807) is 12.1 Å². The average molecular weight is 431 g/mol. The van der Waals surface area contributed by atoms with E-state index in [1.807, 2.05) is 38.3 Å². The zero-order chi connectivity index (χ0) is 23.1. The Hall–Kier alpha value is -3.18. The molecule has 0 spiro atoms. The van der Waals surface area contributed by atoms with Crippen LogP contribution in [0.1, 0.15) is 72.3 Å². The number of aromatic carboxylic acids is 1. The molecule has 0 radical (unpaired) electrons. The van der Waals surface area contributed by atoms with Gasteiger partial charge in [0.15, 0.2) is 0 Å². The molecule has 2 N–H and O–H groups in total. The van der Waals surface area contributed by atoms with Gasteiger partial charge >= 0.3 is 5.97 Å². The van der Waals surface area contributed by atoms with Gasteiger partial charge in [0, 0.05) is 24.6 Å². The van der Waals surface area contributed by atoms with Crippen LogP contribution in [0.15, 0.2) is 48.7 Å². The molecule has 0 unspecified atom stereocenters. The number of hydrogen-bond acceptors (Lipinski definition) is 4. The van der Waals surface area contributed by atoms with Crippen molar-refractivity contribution in [2.75, 3.05) is 6.54 Å². The Kier molecular flexibility index (Phi) is 5.55. The number of hydrazine groups is 1. The minimum absolute atomic E-state index is 0.224. The number of carboxylic acid groups (broad SMARTS) is 1. The fraction of sp³-hybridized carbons (Fsp3) is 0.333. The summed E-state index contributed by atoms with van der Waals surface area (Å²) in [7, 11) is 0. The molecule has 2 aromatic rings. The van der Waals surface area contributed by atoms with Gasteiger partial charge in [0.25, 0.3) is 0 Å². The van der Waals surface area contributed by atoms with Gasteiger partial charge in [-0.25, -0.2) is 10.2 Å². The van der Waals surface area contributed by atoms with E-state index in [9.17, 15) is 9.59 Å². The average Bonchev–Trinajstić information content (AvgIpc) is 3.24. The zero-order valence-electron chi connectivity index (χ0n) is 19.1. The molecule has 1 aliphatic heterocycles. The Labute approximate surface area is 189 Å². The summed E-state index contributed by atoms with van der Waals surface area (Å²) in [5, 5.41) is 11.2. The molecule has 2 aliphatic rings. The monoisotopic (exact) mass is 430 g/mol. The molecular formula is C27H30N2O3. The second kappa shape index (κ2) is 8.06. The van der Waals surface area contributed by atoms with Crippen LogP contribution in [0.5, 0.6) is 0 Å². The molecule has 2 aromatic carbocycles. The summed E-state index contributed by atoms with van der Waals surface area (Å²) in [5.41, 5.74) is 8.37. The van der Waals surface area contributed by atoms with Crippen LogP contribution in [0, 0.1) is 0 Å². The minimum Gasteiger partial charge on any atom is -0.478 e. The number of ketones is 1. The van der Waals surface area contributed by atoms with Crippen molar-refractivity contribution in [3.63, 3.8) is 0 Å². The first-order valence-corrected chi connectivity index (χ1v) is 11.0. The van der Waals surface area contributed by atoms with E-state index in [0.717, 1.165) is 28.8 Å². The normalized spacial score (nSPS) is 18.9. The van der Waals surface area contributed by atoms with E-state index in [0.29, 0.717) is 13.0 Å². The van der Waals surface area contributed by atoms with Gasteiger partial charge in [-0.05, 0) is 59.2 Å². The Bertz CT molecular complexity index is 1120. The van der Waals surface area contributed by atoms with Gasteiger partial charge in [0.1, 0.15) is 5.78 Å². The summed E-state index contributed by atoms with van der Waals surface area (Å²) in [6.45, 7) is 9.83. The highest BCUT2D eigenvalue weighted by Gasteiger charge is 2.43. The molecule has 5 heteroatoms. The molecule has 32 heavy (non-hydrogen) atoms. The number of benzene rings is 2. The molecule has 0 bridgehead atoms. The van der Waals surface area contributed by atoms with Gasteiger partial charge in [-0.1, -0.05) is 56.3 Å². The minimum atomic E-state index is -0.928. The van der Waals surface area contributed by atoms with Crippen molar-refractivity contribution in [1.29, 1.82) is 0 Å². The quantitative estimate of drug-likeness (QED) is 0.659. The van der Waals surface area contributed by atoms with Crippen LogP contribution in [0.3, 0.4) is 0 Å². The number of carboxylic acids is 1. The van der Waals surface area contributed by atoms with Crippen molar-refractivity contribution in [2.45, 2.75) is 51.5 Å². The van der Waals surface area contributed by atoms with Crippen LogP contribution in [0.25, 0.3) is 12.2 Å². The number of fused-ring (bicyclic) bond motifs is 1. The predicted molar refractivity (Wildman–Crippen MR) is 127 cm³/mol. The highest BCUT2D eigenvalue weighted by Crippen LogP contribution is 2.45.